The maximum absolute atomic E-state index is 12.2. The molecule has 0 fully saturated rings. The predicted octanol–water partition coefficient (Wildman–Crippen LogP) is 1.34. The van der Waals surface area contributed by atoms with E-state index in [1.165, 1.54) is 32.0 Å². The van der Waals surface area contributed by atoms with Crippen LogP contribution >= 0.6 is 0 Å². The molecule has 24 heavy (non-hydrogen) atoms. The summed E-state index contributed by atoms with van der Waals surface area (Å²) in [5.74, 6) is 1.30. The lowest BCUT2D eigenvalue weighted by molar-refractivity contribution is 0.0950. The Morgan fingerprint density at radius 3 is 2.25 bits per heavy atom. The minimum atomic E-state index is -0.343. The van der Waals surface area contributed by atoms with Crippen LogP contribution < -0.4 is 25.1 Å². The van der Waals surface area contributed by atoms with Crippen molar-refractivity contribution in [3.63, 3.8) is 0 Å². The Labute approximate surface area is 139 Å². The van der Waals surface area contributed by atoms with Gasteiger partial charge in [0.15, 0.2) is 11.5 Å². The van der Waals surface area contributed by atoms with Crippen LogP contribution in [0.5, 0.6) is 17.2 Å². The van der Waals surface area contributed by atoms with Crippen LogP contribution in [0, 0.1) is 0 Å². The summed E-state index contributed by atoms with van der Waals surface area (Å²) < 4.78 is 17.2. The number of ether oxygens (including phenoxy) is 3. The molecule has 2 aromatic rings. The standard InChI is InChI=1S/C17H20N2O5/c1-19-6-5-11(8-16(19)20)17(21)18-10-12-7-14(23-3)15(24-4)9-13(12)22-2/h5-9H,10H2,1-4H3,(H,18,21). The van der Waals surface area contributed by atoms with E-state index in [1.807, 2.05) is 0 Å². The van der Waals surface area contributed by atoms with Crippen LogP contribution in [0.25, 0.3) is 0 Å². The number of carbonyl (C=O) groups is 1. The smallest absolute Gasteiger partial charge is 0.251 e. The van der Waals surface area contributed by atoms with Crippen LogP contribution in [0.15, 0.2) is 35.3 Å². The molecule has 7 nitrogen and oxygen atoms in total. The van der Waals surface area contributed by atoms with Crippen molar-refractivity contribution in [3.05, 3.63) is 51.9 Å². The topological polar surface area (TPSA) is 78.8 Å². The number of hydrogen-bond donors (Lipinski definition) is 1. The number of hydrogen-bond acceptors (Lipinski definition) is 5. The third-order valence-corrected chi connectivity index (χ3v) is 3.59. The summed E-state index contributed by atoms with van der Waals surface area (Å²) in [6.07, 6.45) is 1.55. The first-order valence-electron chi connectivity index (χ1n) is 7.24. The third kappa shape index (κ3) is 3.68. The minimum Gasteiger partial charge on any atom is -0.496 e. The van der Waals surface area contributed by atoms with Gasteiger partial charge in [-0.15, -0.1) is 0 Å². The van der Waals surface area contributed by atoms with Crippen molar-refractivity contribution in [2.45, 2.75) is 6.54 Å². The zero-order chi connectivity index (χ0) is 17.7. The van der Waals surface area contributed by atoms with Crippen LogP contribution in [0.1, 0.15) is 15.9 Å². The molecule has 128 valence electrons. The molecule has 2 rings (SSSR count). The van der Waals surface area contributed by atoms with Crippen LogP contribution in [0.3, 0.4) is 0 Å². The SMILES string of the molecule is COc1cc(OC)c(OC)cc1CNC(=O)c1ccn(C)c(=O)c1. The fourth-order valence-corrected chi connectivity index (χ4v) is 2.20. The molecule has 1 N–H and O–H groups in total. The van der Waals surface area contributed by atoms with E-state index >= 15 is 0 Å². The first-order chi connectivity index (χ1) is 11.5. The van der Waals surface area contributed by atoms with E-state index in [2.05, 4.69) is 5.32 Å². The lowest BCUT2D eigenvalue weighted by Gasteiger charge is -2.14. The highest BCUT2D eigenvalue weighted by Crippen LogP contribution is 2.34. The summed E-state index contributed by atoms with van der Waals surface area (Å²) in [7, 11) is 6.23. The molecule has 0 spiro atoms. The normalized spacial score (nSPS) is 10.2. The summed E-state index contributed by atoms with van der Waals surface area (Å²) in [5, 5.41) is 2.76. The summed E-state index contributed by atoms with van der Waals surface area (Å²) in [6.45, 7) is 0.220. The lowest BCUT2D eigenvalue weighted by atomic mass is 10.1. The molecule has 0 atom stereocenters. The Morgan fingerprint density at radius 1 is 1.04 bits per heavy atom. The first kappa shape index (κ1) is 17.4. The van der Waals surface area contributed by atoms with Gasteiger partial charge in [0.05, 0.1) is 21.3 Å². The van der Waals surface area contributed by atoms with Crippen molar-refractivity contribution in [1.82, 2.24) is 9.88 Å². The number of aryl methyl sites for hydroxylation is 1. The van der Waals surface area contributed by atoms with E-state index in [9.17, 15) is 9.59 Å². The van der Waals surface area contributed by atoms with Crippen molar-refractivity contribution in [1.29, 1.82) is 0 Å². The van der Waals surface area contributed by atoms with Gasteiger partial charge < -0.3 is 24.1 Å². The highest BCUT2D eigenvalue weighted by molar-refractivity contribution is 5.93. The molecule has 0 saturated carbocycles. The largest absolute Gasteiger partial charge is 0.496 e. The Balaban J connectivity index is 2.20. The second-order valence-electron chi connectivity index (χ2n) is 5.07. The molecular formula is C17H20N2O5. The van der Waals surface area contributed by atoms with E-state index in [4.69, 9.17) is 14.2 Å². The Morgan fingerprint density at radius 2 is 1.67 bits per heavy atom. The zero-order valence-electron chi connectivity index (χ0n) is 14.1. The number of methoxy groups -OCH3 is 3. The number of aromatic nitrogens is 1. The molecule has 1 aromatic heterocycles. The highest BCUT2D eigenvalue weighted by Gasteiger charge is 2.13. The quantitative estimate of drug-likeness (QED) is 0.864. The molecule has 0 aliphatic heterocycles. The van der Waals surface area contributed by atoms with Crippen molar-refractivity contribution in [2.75, 3.05) is 21.3 Å². The predicted molar refractivity (Wildman–Crippen MR) is 89.0 cm³/mol. The molecule has 1 aromatic carbocycles. The van der Waals surface area contributed by atoms with Crippen LogP contribution in [-0.4, -0.2) is 31.8 Å². The van der Waals surface area contributed by atoms with Gasteiger partial charge in [-0.1, -0.05) is 0 Å². The van der Waals surface area contributed by atoms with Crippen molar-refractivity contribution in [3.8, 4) is 17.2 Å². The van der Waals surface area contributed by atoms with Crippen molar-refractivity contribution in [2.24, 2.45) is 7.05 Å². The minimum absolute atomic E-state index is 0.220. The van der Waals surface area contributed by atoms with Gasteiger partial charge in [0, 0.05) is 43.0 Å². The van der Waals surface area contributed by atoms with E-state index in [1.54, 1.807) is 31.4 Å². The van der Waals surface area contributed by atoms with Gasteiger partial charge in [-0.25, -0.2) is 0 Å². The molecule has 0 radical (unpaired) electrons. The van der Waals surface area contributed by atoms with E-state index in [0.717, 1.165) is 5.56 Å². The average Bonchev–Trinajstić information content (AvgIpc) is 2.60. The molecule has 7 heteroatoms. The van der Waals surface area contributed by atoms with Gasteiger partial charge in [-0.3, -0.25) is 9.59 Å². The van der Waals surface area contributed by atoms with E-state index in [-0.39, 0.29) is 18.0 Å². The third-order valence-electron chi connectivity index (χ3n) is 3.59. The summed E-state index contributed by atoms with van der Waals surface area (Å²) >= 11 is 0. The number of amides is 1. The van der Waals surface area contributed by atoms with Gasteiger partial charge in [0.25, 0.3) is 11.5 Å². The fourth-order valence-electron chi connectivity index (χ4n) is 2.20. The van der Waals surface area contributed by atoms with E-state index < -0.39 is 0 Å². The monoisotopic (exact) mass is 332 g/mol. The molecule has 0 saturated heterocycles. The summed E-state index contributed by atoms with van der Waals surface area (Å²) in [4.78, 5) is 23.8. The second-order valence-corrected chi connectivity index (χ2v) is 5.07. The summed E-state index contributed by atoms with van der Waals surface area (Å²) in [6, 6.07) is 6.31. The lowest BCUT2D eigenvalue weighted by Crippen LogP contribution is -2.26. The van der Waals surface area contributed by atoms with Gasteiger partial charge in [-0.2, -0.15) is 0 Å². The second kappa shape index (κ2) is 7.54. The van der Waals surface area contributed by atoms with Crippen molar-refractivity contribution < 1.29 is 19.0 Å². The Kier molecular flexibility index (Phi) is 5.47. The number of carbonyl (C=O) groups excluding carboxylic acids is 1. The number of pyridine rings is 1. The average molecular weight is 332 g/mol. The van der Waals surface area contributed by atoms with Gasteiger partial charge in [0.2, 0.25) is 0 Å². The molecule has 0 unspecified atom stereocenters. The van der Waals surface area contributed by atoms with Gasteiger partial charge >= 0.3 is 0 Å². The maximum atomic E-state index is 12.2. The van der Waals surface area contributed by atoms with Crippen LogP contribution in [0.4, 0.5) is 0 Å². The zero-order valence-corrected chi connectivity index (χ0v) is 14.1. The molecule has 0 aliphatic rings. The number of nitrogens with zero attached hydrogens (tertiary/aromatic N) is 1. The maximum Gasteiger partial charge on any atom is 0.251 e. The first-order valence-corrected chi connectivity index (χ1v) is 7.24. The molecular weight excluding hydrogens is 312 g/mol. The Bertz CT molecular complexity index is 798. The number of benzene rings is 1. The molecule has 0 bridgehead atoms. The van der Waals surface area contributed by atoms with E-state index in [0.29, 0.717) is 22.8 Å². The highest BCUT2D eigenvalue weighted by atomic mass is 16.5. The summed E-state index contributed by atoms with van der Waals surface area (Å²) in [5.41, 5.74) is 0.788. The van der Waals surface area contributed by atoms with Crippen LogP contribution in [0.2, 0.25) is 0 Å². The fraction of sp³-hybridized carbons (Fsp3) is 0.294. The molecule has 1 heterocycles. The molecule has 0 aliphatic carbocycles. The van der Waals surface area contributed by atoms with Crippen LogP contribution in [-0.2, 0) is 13.6 Å². The number of rotatable bonds is 6. The van der Waals surface area contributed by atoms with Gasteiger partial charge in [0.1, 0.15) is 5.75 Å². The molecule has 1 amide bonds. The Hall–Kier alpha value is -2.96. The number of nitrogens with one attached hydrogen (secondary N) is 1. The van der Waals surface area contributed by atoms with Crippen molar-refractivity contribution >= 4 is 5.91 Å². The van der Waals surface area contributed by atoms with Gasteiger partial charge in [-0.05, 0) is 12.1 Å².